The first-order valence-corrected chi connectivity index (χ1v) is 7.11. The summed E-state index contributed by atoms with van der Waals surface area (Å²) in [6.45, 7) is 1.40. The lowest BCUT2D eigenvalue weighted by molar-refractivity contribution is -0.115. The van der Waals surface area contributed by atoms with Crippen molar-refractivity contribution in [1.29, 1.82) is 0 Å². The second-order valence-corrected chi connectivity index (χ2v) is 4.96. The summed E-state index contributed by atoms with van der Waals surface area (Å²) in [5.74, 6) is 0.627. The smallest absolute Gasteiger partial charge is 0.280 e. The van der Waals surface area contributed by atoms with E-state index in [1.54, 1.807) is 24.3 Å². The third-order valence-electron chi connectivity index (χ3n) is 3.23. The Bertz CT molecular complexity index is 904. The van der Waals surface area contributed by atoms with E-state index in [4.69, 9.17) is 4.74 Å². The monoisotopic (exact) mass is 309 g/mol. The second-order valence-electron chi connectivity index (χ2n) is 4.96. The Labute approximate surface area is 132 Å². The molecule has 0 atom stereocenters. The highest BCUT2D eigenvalue weighted by Gasteiger charge is 2.12. The van der Waals surface area contributed by atoms with E-state index in [1.165, 1.54) is 6.92 Å². The van der Waals surface area contributed by atoms with Gasteiger partial charge in [0.1, 0.15) is 12.4 Å². The predicted molar refractivity (Wildman–Crippen MR) is 86.8 cm³/mol. The molecule has 6 nitrogen and oxygen atoms in total. The minimum absolute atomic E-state index is 0.0599. The molecular formula is C17H15N3O3. The fourth-order valence-electron chi connectivity index (χ4n) is 2.21. The molecular weight excluding hydrogens is 294 g/mol. The van der Waals surface area contributed by atoms with Crippen LogP contribution in [0.3, 0.4) is 0 Å². The average molecular weight is 309 g/mol. The maximum absolute atomic E-state index is 12.5. The number of amides is 1. The van der Waals surface area contributed by atoms with Crippen LogP contribution in [0.25, 0.3) is 10.9 Å². The van der Waals surface area contributed by atoms with Crippen LogP contribution in [-0.4, -0.2) is 15.6 Å². The van der Waals surface area contributed by atoms with Crippen molar-refractivity contribution in [2.45, 2.75) is 13.5 Å². The number of fused-ring (bicyclic) bond motifs is 1. The van der Waals surface area contributed by atoms with E-state index >= 15 is 0 Å². The zero-order valence-corrected chi connectivity index (χ0v) is 12.5. The number of nitrogens with zero attached hydrogens (tertiary/aromatic N) is 2. The van der Waals surface area contributed by atoms with Gasteiger partial charge >= 0.3 is 0 Å². The van der Waals surface area contributed by atoms with Gasteiger partial charge in [0.25, 0.3) is 5.56 Å². The number of carbonyl (C=O) groups is 1. The van der Waals surface area contributed by atoms with Crippen LogP contribution < -0.4 is 15.7 Å². The molecule has 0 spiro atoms. The van der Waals surface area contributed by atoms with Crippen LogP contribution in [0.4, 0.5) is 0 Å². The summed E-state index contributed by atoms with van der Waals surface area (Å²) in [7, 11) is 0. The van der Waals surface area contributed by atoms with Crippen LogP contribution in [0.2, 0.25) is 0 Å². The van der Waals surface area contributed by atoms with Gasteiger partial charge in [0, 0.05) is 6.92 Å². The van der Waals surface area contributed by atoms with Gasteiger partial charge in [0.2, 0.25) is 5.91 Å². The Balaban J connectivity index is 2.03. The van der Waals surface area contributed by atoms with Gasteiger partial charge in [0.15, 0.2) is 5.82 Å². The van der Waals surface area contributed by atoms with Crippen LogP contribution in [0.15, 0.2) is 59.4 Å². The number of aromatic nitrogens is 2. The van der Waals surface area contributed by atoms with Crippen molar-refractivity contribution in [3.8, 4) is 5.75 Å². The minimum Gasteiger partial charge on any atom is -0.486 e. The Morgan fingerprint density at radius 2 is 1.83 bits per heavy atom. The highest BCUT2D eigenvalue weighted by Crippen LogP contribution is 2.12. The van der Waals surface area contributed by atoms with Crippen molar-refractivity contribution in [2.24, 2.45) is 0 Å². The van der Waals surface area contributed by atoms with Crippen molar-refractivity contribution < 1.29 is 9.53 Å². The minimum atomic E-state index is -0.356. The predicted octanol–water partition coefficient (Wildman–Crippen LogP) is 2.07. The van der Waals surface area contributed by atoms with Gasteiger partial charge in [-0.3, -0.25) is 15.0 Å². The SMILES string of the molecule is CC(=O)Nn1c(COc2ccccc2)nc2ccccc2c1=O. The lowest BCUT2D eigenvalue weighted by Gasteiger charge is -2.14. The van der Waals surface area contributed by atoms with Gasteiger partial charge in [-0.25, -0.2) is 4.98 Å². The molecule has 6 heteroatoms. The maximum atomic E-state index is 12.5. The number of hydrogen-bond acceptors (Lipinski definition) is 4. The van der Waals surface area contributed by atoms with Crippen molar-refractivity contribution in [2.75, 3.05) is 5.43 Å². The summed E-state index contributed by atoms with van der Waals surface area (Å²) in [5, 5.41) is 0.435. The second kappa shape index (κ2) is 6.31. The lowest BCUT2D eigenvalue weighted by Crippen LogP contribution is -2.35. The Kier molecular flexibility index (Phi) is 4.05. The van der Waals surface area contributed by atoms with E-state index < -0.39 is 0 Å². The molecule has 23 heavy (non-hydrogen) atoms. The molecule has 1 heterocycles. The van der Waals surface area contributed by atoms with E-state index in [9.17, 15) is 9.59 Å². The van der Waals surface area contributed by atoms with Crippen LogP contribution in [-0.2, 0) is 11.4 Å². The molecule has 0 aliphatic heterocycles. The summed E-state index contributed by atoms with van der Waals surface area (Å²) in [6, 6.07) is 16.2. The molecule has 0 radical (unpaired) electrons. The number of hydrogen-bond donors (Lipinski definition) is 1. The van der Waals surface area contributed by atoms with Crippen molar-refractivity contribution in [1.82, 2.24) is 9.66 Å². The molecule has 0 unspecified atom stereocenters. The maximum Gasteiger partial charge on any atom is 0.280 e. The summed E-state index contributed by atoms with van der Waals surface area (Å²) in [5.41, 5.74) is 2.72. The molecule has 1 aromatic heterocycles. The zero-order chi connectivity index (χ0) is 16.2. The number of carbonyl (C=O) groups excluding carboxylic acids is 1. The molecule has 0 saturated heterocycles. The largest absolute Gasteiger partial charge is 0.486 e. The van der Waals surface area contributed by atoms with Gasteiger partial charge in [-0.2, -0.15) is 4.68 Å². The Morgan fingerprint density at radius 3 is 2.57 bits per heavy atom. The van der Waals surface area contributed by atoms with E-state index in [1.807, 2.05) is 30.3 Å². The first kappa shape index (κ1) is 14.8. The molecule has 0 aliphatic rings. The number of benzene rings is 2. The third kappa shape index (κ3) is 3.21. The van der Waals surface area contributed by atoms with Crippen LogP contribution >= 0.6 is 0 Å². The Morgan fingerprint density at radius 1 is 1.13 bits per heavy atom. The number of rotatable bonds is 4. The summed E-state index contributed by atoms with van der Waals surface area (Å²) in [6.07, 6.45) is 0. The quantitative estimate of drug-likeness (QED) is 0.800. The van der Waals surface area contributed by atoms with E-state index in [0.29, 0.717) is 22.5 Å². The normalized spacial score (nSPS) is 10.5. The fourth-order valence-corrected chi connectivity index (χ4v) is 2.21. The molecule has 1 amide bonds. The van der Waals surface area contributed by atoms with Gasteiger partial charge < -0.3 is 4.74 Å². The highest BCUT2D eigenvalue weighted by atomic mass is 16.5. The third-order valence-corrected chi connectivity index (χ3v) is 3.23. The Hall–Kier alpha value is -3.15. The molecule has 3 rings (SSSR count). The first-order chi connectivity index (χ1) is 11.1. The van der Waals surface area contributed by atoms with Crippen LogP contribution in [0.1, 0.15) is 12.7 Å². The number of para-hydroxylation sites is 2. The van der Waals surface area contributed by atoms with Crippen molar-refractivity contribution >= 4 is 16.8 Å². The molecule has 3 aromatic rings. The van der Waals surface area contributed by atoms with E-state index in [-0.39, 0.29) is 18.1 Å². The topological polar surface area (TPSA) is 73.2 Å². The number of ether oxygens (including phenoxy) is 1. The molecule has 0 aliphatic carbocycles. The van der Waals surface area contributed by atoms with Gasteiger partial charge in [0.05, 0.1) is 10.9 Å². The molecule has 2 aromatic carbocycles. The molecule has 0 bridgehead atoms. The van der Waals surface area contributed by atoms with Crippen LogP contribution in [0.5, 0.6) is 5.75 Å². The molecule has 0 saturated carbocycles. The van der Waals surface area contributed by atoms with Crippen molar-refractivity contribution in [3.63, 3.8) is 0 Å². The standard InChI is InChI=1S/C17H15N3O3/c1-12(21)19-20-16(11-23-13-7-3-2-4-8-13)18-15-10-6-5-9-14(15)17(20)22/h2-10H,11H2,1H3,(H,19,21). The van der Waals surface area contributed by atoms with E-state index in [2.05, 4.69) is 10.4 Å². The van der Waals surface area contributed by atoms with E-state index in [0.717, 1.165) is 4.68 Å². The van der Waals surface area contributed by atoms with Gasteiger partial charge in [-0.15, -0.1) is 0 Å². The van der Waals surface area contributed by atoms with Gasteiger partial charge in [-0.1, -0.05) is 30.3 Å². The van der Waals surface area contributed by atoms with Gasteiger partial charge in [-0.05, 0) is 24.3 Å². The lowest BCUT2D eigenvalue weighted by atomic mass is 10.2. The molecule has 0 fully saturated rings. The molecule has 116 valence electrons. The summed E-state index contributed by atoms with van der Waals surface area (Å²) >= 11 is 0. The zero-order valence-electron chi connectivity index (χ0n) is 12.5. The average Bonchev–Trinajstić information content (AvgIpc) is 2.56. The highest BCUT2D eigenvalue weighted by molar-refractivity contribution is 5.82. The van der Waals surface area contributed by atoms with Crippen molar-refractivity contribution in [3.05, 3.63) is 70.8 Å². The fraction of sp³-hybridized carbons (Fsp3) is 0.118. The first-order valence-electron chi connectivity index (χ1n) is 7.11. The van der Waals surface area contributed by atoms with Crippen LogP contribution in [0, 0.1) is 0 Å². The number of nitrogens with one attached hydrogen (secondary N) is 1. The summed E-state index contributed by atoms with van der Waals surface area (Å²) in [4.78, 5) is 28.4. The summed E-state index contributed by atoms with van der Waals surface area (Å²) < 4.78 is 6.78. The molecule has 1 N–H and O–H groups in total.